The topological polar surface area (TPSA) is 54.5 Å². The van der Waals surface area contributed by atoms with Crippen LogP contribution in [0, 0.1) is 0 Å². The predicted molar refractivity (Wildman–Crippen MR) is 60.7 cm³/mol. The van der Waals surface area contributed by atoms with Crippen LogP contribution in [0.3, 0.4) is 0 Å². The van der Waals surface area contributed by atoms with E-state index in [1.165, 1.54) is 17.0 Å². The number of hydrogen-bond acceptors (Lipinski definition) is 3. The van der Waals surface area contributed by atoms with Crippen LogP contribution in [0.5, 0.6) is 0 Å². The summed E-state index contributed by atoms with van der Waals surface area (Å²) in [6.07, 6.45) is 1.47. The molecule has 0 spiro atoms. The Morgan fingerprint density at radius 1 is 1.25 bits per heavy atom. The number of carbonyl (C=O) groups is 1. The summed E-state index contributed by atoms with van der Waals surface area (Å²) in [5.74, 6) is -0.196. The summed E-state index contributed by atoms with van der Waals surface area (Å²) >= 11 is 0. The maximum atomic E-state index is 11.8. The number of carbonyl (C=O) groups excluding carboxylic acids is 1. The first-order chi connectivity index (χ1) is 7.43. The summed E-state index contributed by atoms with van der Waals surface area (Å²) in [6, 6.07) is 4.73. The van der Waals surface area contributed by atoms with Gasteiger partial charge in [0.2, 0.25) is 0 Å². The molecule has 0 bridgehead atoms. The van der Waals surface area contributed by atoms with Gasteiger partial charge in [0.05, 0.1) is 4.90 Å². The summed E-state index contributed by atoms with van der Waals surface area (Å²) in [5.41, 5.74) is 0.904. The maximum Gasteiger partial charge on any atom is 0.253 e. The van der Waals surface area contributed by atoms with Gasteiger partial charge >= 0.3 is 0 Å². The van der Waals surface area contributed by atoms with Crippen molar-refractivity contribution in [3.63, 3.8) is 0 Å². The van der Waals surface area contributed by atoms with Crippen molar-refractivity contribution < 1.29 is 13.2 Å². The van der Waals surface area contributed by atoms with Gasteiger partial charge in [-0.15, -0.1) is 0 Å². The summed E-state index contributed by atoms with van der Waals surface area (Å²) in [7, 11) is -0.0710. The summed E-state index contributed by atoms with van der Waals surface area (Å²) in [5, 5.41) is 1.13. The highest BCUT2D eigenvalue weighted by Gasteiger charge is 2.25. The van der Waals surface area contributed by atoms with Crippen LogP contribution in [0.15, 0.2) is 28.5 Å². The molecule has 1 aliphatic heterocycles. The quantitative estimate of drug-likeness (QED) is 0.736. The van der Waals surface area contributed by atoms with E-state index in [9.17, 15) is 13.2 Å². The molecule has 1 heterocycles. The lowest BCUT2D eigenvalue weighted by Crippen LogP contribution is -2.22. The molecule has 1 amide bonds. The number of hydrogen-bond donors (Lipinski definition) is 0. The molecule has 0 radical (unpaired) electrons. The van der Waals surface area contributed by atoms with Crippen LogP contribution in [0.1, 0.15) is 15.9 Å². The number of fused-ring (bicyclic) bond motifs is 1. The standard InChI is InChI=1S/C11H11NO3S/c1-12(2)11(13)9-4-3-5-10-8(9)6-7-16(10,14)15/h3-7H,1-2H3. The molecule has 84 valence electrons. The van der Waals surface area contributed by atoms with Crippen molar-refractivity contribution in [1.82, 2.24) is 4.90 Å². The molecule has 2 rings (SSSR count). The van der Waals surface area contributed by atoms with Gasteiger partial charge in [0.1, 0.15) is 0 Å². The van der Waals surface area contributed by atoms with Crippen molar-refractivity contribution in [2.45, 2.75) is 4.90 Å². The zero-order chi connectivity index (χ0) is 11.9. The zero-order valence-corrected chi connectivity index (χ0v) is 9.78. The number of rotatable bonds is 1. The van der Waals surface area contributed by atoms with Crippen molar-refractivity contribution in [1.29, 1.82) is 0 Å². The Balaban J connectivity index is 2.66. The van der Waals surface area contributed by atoms with Crippen LogP contribution in [0.2, 0.25) is 0 Å². The van der Waals surface area contributed by atoms with E-state index in [-0.39, 0.29) is 10.8 Å². The van der Waals surface area contributed by atoms with Crippen molar-refractivity contribution in [2.75, 3.05) is 14.1 Å². The van der Waals surface area contributed by atoms with Gasteiger partial charge in [-0.1, -0.05) is 6.07 Å². The fraction of sp³-hybridized carbons (Fsp3) is 0.182. The monoisotopic (exact) mass is 237 g/mol. The molecule has 0 saturated heterocycles. The molecule has 0 aromatic heterocycles. The third-order valence-electron chi connectivity index (χ3n) is 2.42. The first kappa shape index (κ1) is 10.9. The Kier molecular flexibility index (Phi) is 2.35. The highest BCUT2D eigenvalue weighted by atomic mass is 32.2. The lowest BCUT2D eigenvalue weighted by molar-refractivity contribution is 0.0827. The van der Waals surface area contributed by atoms with Crippen LogP contribution in [0.25, 0.3) is 6.08 Å². The molecule has 1 aromatic rings. The van der Waals surface area contributed by atoms with Gasteiger partial charge in [-0.25, -0.2) is 8.42 Å². The fourth-order valence-corrected chi connectivity index (χ4v) is 2.84. The van der Waals surface area contributed by atoms with E-state index < -0.39 is 9.84 Å². The molecule has 0 atom stereocenters. The van der Waals surface area contributed by atoms with Gasteiger partial charge < -0.3 is 4.90 Å². The lowest BCUT2D eigenvalue weighted by Gasteiger charge is -2.12. The van der Waals surface area contributed by atoms with Crippen LogP contribution in [-0.4, -0.2) is 33.3 Å². The zero-order valence-electron chi connectivity index (χ0n) is 8.97. The van der Waals surface area contributed by atoms with E-state index in [4.69, 9.17) is 0 Å². The van der Waals surface area contributed by atoms with E-state index in [0.717, 1.165) is 5.41 Å². The van der Waals surface area contributed by atoms with Gasteiger partial charge in [-0.05, 0) is 18.2 Å². The Labute approximate surface area is 94.1 Å². The van der Waals surface area contributed by atoms with Crippen LogP contribution >= 0.6 is 0 Å². The van der Waals surface area contributed by atoms with Gasteiger partial charge in [-0.3, -0.25) is 4.79 Å². The molecule has 16 heavy (non-hydrogen) atoms. The minimum absolute atomic E-state index is 0.196. The fourth-order valence-electron chi connectivity index (χ4n) is 1.62. The first-order valence-corrected chi connectivity index (χ1v) is 6.26. The molecule has 0 saturated carbocycles. The minimum Gasteiger partial charge on any atom is -0.345 e. The van der Waals surface area contributed by atoms with Crippen molar-refractivity contribution in [3.05, 3.63) is 34.7 Å². The summed E-state index contributed by atoms with van der Waals surface area (Å²) < 4.78 is 23.2. The molecule has 1 aromatic carbocycles. The van der Waals surface area contributed by atoms with Gasteiger partial charge in [0.15, 0.2) is 9.84 Å². The minimum atomic E-state index is -3.34. The Bertz CT molecular complexity index is 585. The lowest BCUT2D eigenvalue weighted by atomic mass is 10.1. The molecule has 0 aliphatic carbocycles. The number of amides is 1. The molecular weight excluding hydrogens is 226 g/mol. The van der Waals surface area contributed by atoms with E-state index in [1.54, 1.807) is 26.2 Å². The summed E-state index contributed by atoms with van der Waals surface area (Å²) in [6.45, 7) is 0. The molecule has 0 N–H and O–H groups in total. The van der Waals surface area contributed by atoms with E-state index in [1.807, 2.05) is 0 Å². The SMILES string of the molecule is CN(C)C(=O)c1cccc2c1C=CS2(=O)=O. The molecule has 4 nitrogen and oxygen atoms in total. The number of benzene rings is 1. The smallest absolute Gasteiger partial charge is 0.253 e. The Morgan fingerprint density at radius 2 is 1.94 bits per heavy atom. The highest BCUT2D eigenvalue weighted by Crippen LogP contribution is 2.29. The van der Waals surface area contributed by atoms with Crippen LogP contribution < -0.4 is 0 Å². The first-order valence-electron chi connectivity index (χ1n) is 4.71. The molecule has 0 unspecified atom stereocenters. The Morgan fingerprint density at radius 3 is 2.56 bits per heavy atom. The normalized spacial score (nSPS) is 15.9. The average Bonchev–Trinajstić information content (AvgIpc) is 2.54. The maximum absolute atomic E-state index is 11.8. The van der Waals surface area contributed by atoms with Crippen LogP contribution in [0.4, 0.5) is 0 Å². The number of sulfone groups is 1. The van der Waals surface area contributed by atoms with E-state index in [2.05, 4.69) is 0 Å². The van der Waals surface area contributed by atoms with E-state index in [0.29, 0.717) is 11.1 Å². The van der Waals surface area contributed by atoms with Crippen molar-refractivity contribution in [2.24, 2.45) is 0 Å². The molecule has 0 fully saturated rings. The van der Waals surface area contributed by atoms with Gasteiger partial charge in [0.25, 0.3) is 5.91 Å². The molecule has 1 aliphatic rings. The van der Waals surface area contributed by atoms with Gasteiger partial charge in [0, 0.05) is 30.6 Å². The second-order valence-electron chi connectivity index (χ2n) is 3.76. The molecule has 5 heteroatoms. The second-order valence-corrected chi connectivity index (χ2v) is 5.57. The average molecular weight is 237 g/mol. The predicted octanol–water partition coefficient (Wildman–Crippen LogP) is 1.15. The van der Waals surface area contributed by atoms with Crippen molar-refractivity contribution >= 4 is 21.8 Å². The molecular formula is C11H11NO3S. The summed E-state index contributed by atoms with van der Waals surface area (Å²) in [4.78, 5) is 13.4. The van der Waals surface area contributed by atoms with E-state index >= 15 is 0 Å². The van der Waals surface area contributed by atoms with Gasteiger partial charge in [-0.2, -0.15) is 0 Å². The largest absolute Gasteiger partial charge is 0.345 e. The van der Waals surface area contributed by atoms with Crippen molar-refractivity contribution in [3.8, 4) is 0 Å². The Hall–Kier alpha value is -1.62. The van der Waals surface area contributed by atoms with Crippen LogP contribution in [-0.2, 0) is 9.84 Å². The second kappa shape index (κ2) is 3.45. The number of nitrogens with zero attached hydrogens (tertiary/aromatic N) is 1. The third-order valence-corrected chi connectivity index (χ3v) is 3.89. The highest BCUT2D eigenvalue weighted by molar-refractivity contribution is 7.94. The third kappa shape index (κ3) is 1.53.